The lowest BCUT2D eigenvalue weighted by molar-refractivity contribution is 0.0425. The number of imide groups is 1. The first-order valence-corrected chi connectivity index (χ1v) is 10.3. The molecule has 0 fully saturated rings. The third-order valence-corrected chi connectivity index (χ3v) is 5.16. The van der Waals surface area contributed by atoms with Crippen molar-refractivity contribution >= 4 is 11.8 Å². The molecule has 1 N–H and O–H groups in total. The molecule has 1 atom stereocenters. The van der Waals surface area contributed by atoms with Gasteiger partial charge < -0.3 is 0 Å². The van der Waals surface area contributed by atoms with Crippen LogP contribution in [0.1, 0.15) is 77.9 Å². The van der Waals surface area contributed by atoms with Gasteiger partial charge in [-0.05, 0) is 56.4 Å². The number of hydrogen-bond donors (Lipinski definition) is 1. The van der Waals surface area contributed by atoms with E-state index in [4.69, 9.17) is 0 Å². The quantitative estimate of drug-likeness (QED) is 0.511. The van der Waals surface area contributed by atoms with Gasteiger partial charge in [0, 0.05) is 17.2 Å². The number of rotatable bonds is 6. The van der Waals surface area contributed by atoms with Crippen molar-refractivity contribution in [3.8, 4) is 0 Å². The highest BCUT2D eigenvalue weighted by Gasteiger charge is 2.32. The summed E-state index contributed by atoms with van der Waals surface area (Å²) in [5, 5.41) is 1.22. The van der Waals surface area contributed by atoms with E-state index >= 15 is 0 Å². The van der Waals surface area contributed by atoms with Gasteiger partial charge in [-0.2, -0.15) is 0 Å². The molecule has 0 aromatic heterocycles. The van der Waals surface area contributed by atoms with Gasteiger partial charge in [0.1, 0.15) is 0 Å². The molecule has 0 aliphatic carbocycles. The van der Waals surface area contributed by atoms with Crippen LogP contribution < -0.4 is 5.43 Å². The van der Waals surface area contributed by atoms with E-state index in [2.05, 4.69) is 33.1 Å². The molecule has 0 saturated heterocycles. The molecule has 4 heteroatoms. The first-order valence-electron chi connectivity index (χ1n) is 10.3. The maximum Gasteiger partial charge on any atom is 0.275 e. The fraction of sp³-hybridized carbons (Fsp3) is 0.440. The van der Waals surface area contributed by atoms with Gasteiger partial charge in [-0.15, -0.1) is 0 Å². The number of hydrogen-bond acceptors (Lipinski definition) is 3. The molecular formula is C25H34N2O2. The van der Waals surface area contributed by atoms with Crippen LogP contribution in [0.5, 0.6) is 0 Å². The number of carbonyl (C=O) groups excluding carboxylic acids is 2. The number of nitrogens with zero attached hydrogens (tertiary/aromatic N) is 1. The largest absolute Gasteiger partial charge is 0.275 e. The normalized spacial score (nSPS) is 12.5. The summed E-state index contributed by atoms with van der Waals surface area (Å²) in [6.45, 7) is 14.3. The smallest absolute Gasteiger partial charge is 0.267 e. The van der Waals surface area contributed by atoms with Gasteiger partial charge in [0.25, 0.3) is 11.8 Å². The second kappa shape index (κ2) is 9.36. The Labute approximate surface area is 175 Å². The summed E-state index contributed by atoms with van der Waals surface area (Å²) in [7, 11) is 0. The van der Waals surface area contributed by atoms with Crippen molar-refractivity contribution < 1.29 is 9.59 Å². The van der Waals surface area contributed by atoms with E-state index in [0.717, 1.165) is 29.5 Å². The summed E-state index contributed by atoms with van der Waals surface area (Å²) in [6, 6.07) is 13.1. The van der Waals surface area contributed by atoms with Crippen LogP contribution in [0.3, 0.4) is 0 Å². The van der Waals surface area contributed by atoms with E-state index in [-0.39, 0.29) is 23.3 Å². The van der Waals surface area contributed by atoms with Crippen LogP contribution in [0.15, 0.2) is 42.5 Å². The van der Waals surface area contributed by atoms with Crippen molar-refractivity contribution in [2.75, 3.05) is 0 Å². The molecule has 0 saturated carbocycles. The number of nitrogens with one attached hydrogen (secondary N) is 1. The molecule has 0 spiro atoms. The Hall–Kier alpha value is -2.46. The monoisotopic (exact) mass is 394 g/mol. The predicted octanol–water partition coefficient (Wildman–Crippen LogP) is 5.61. The minimum atomic E-state index is -0.324. The van der Waals surface area contributed by atoms with Gasteiger partial charge in [-0.25, -0.2) is 10.4 Å². The van der Waals surface area contributed by atoms with Crippen molar-refractivity contribution in [1.82, 2.24) is 10.4 Å². The number of benzene rings is 2. The molecule has 0 heterocycles. The molecule has 2 rings (SSSR count). The third-order valence-electron chi connectivity index (χ3n) is 5.16. The topological polar surface area (TPSA) is 49.4 Å². The Kier molecular flexibility index (Phi) is 7.37. The Morgan fingerprint density at radius 2 is 1.55 bits per heavy atom. The number of hydrazine groups is 1. The average molecular weight is 395 g/mol. The minimum absolute atomic E-state index is 0.0182. The fourth-order valence-corrected chi connectivity index (χ4v) is 3.51. The van der Waals surface area contributed by atoms with Crippen molar-refractivity contribution in [3.63, 3.8) is 0 Å². The van der Waals surface area contributed by atoms with Crippen molar-refractivity contribution in [1.29, 1.82) is 0 Å². The fourth-order valence-electron chi connectivity index (χ4n) is 3.51. The van der Waals surface area contributed by atoms with E-state index < -0.39 is 0 Å². The van der Waals surface area contributed by atoms with E-state index in [9.17, 15) is 9.59 Å². The van der Waals surface area contributed by atoms with Crippen molar-refractivity contribution in [2.24, 2.45) is 5.41 Å². The van der Waals surface area contributed by atoms with E-state index in [1.807, 2.05) is 57.2 Å². The summed E-state index contributed by atoms with van der Waals surface area (Å²) in [5.74, 6) is -0.645. The zero-order chi connectivity index (χ0) is 21.8. The maximum absolute atomic E-state index is 13.5. The predicted molar refractivity (Wildman–Crippen MR) is 119 cm³/mol. The number of aryl methyl sites for hydroxylation is 3. The molecule has 0 radical (unpaired) electrons. The Morgan fingerprint density at radius 1 is 0.966 bits per heavy atom. The van der Waals surface area contributed by atoms with Gasteiger partial charge in [0.2, 0.25) is 0 Å². The molecule has 156 valence electrons. The zero-order valence-electron chi connectivity index (χ0n) is 18.8. The highest BCUT2D eigenvalue weighted by Crippen LogP contribution is 2.24. The second-order valence-electron chi connectivity index (χ2n) is 8.97. The van der Waals surface area contributed by atoms with Gasteiger partial charge in [-0.3, -0.25) is 9.59 Å². The molecule has 0 aliphatic rings. The SMILES string of the molecule is CCC[C@@H](NN(C(=O)c1cc(C)cc(C)c1)C(=O)c1ccccc1C)C(C)(C)C. The standard InChI is InChI=1S/C25H34N2O2/c1-8-11-22(25(5,6)7)26-27(24(29)21-13-10-9-12-19(21)4)23(28)20-15-17(2)14-18(3)16-20/h9-10,12-16,22,26H,8,11H2,1-7H3/t22-/m1/s1. The molecule has 0 bridgehead atoms. The van der Waals surface area contributed by atoms with Gasteiger partial charge in [-0.1, -0.05) is 69.5 Å². The lowest BCUT2D eigenvalue weighted by atomic mass is 9.84. The Bertz CT molecular complexity index is 860. The number of carbonyl (C=O) groups is 2. The summed E-state index contributed by atoms with van der Waals surface area (Å²) in [5.41, 5.74) is 7.07. The lowest BCUT2D eigenvalue weighted by Crippen LogP contribution is -2.55. The number of amides is 2. The van der Waals surface area contributed by atoms with Crippen LogP contribution in [0, 0.1) is 26.2 Å². The summed E-state index contributed by atoms with van der Waals surface area (Å²) < 4.78 is 0. The van der Waals surface area contributed by atoms with Crippen LogP contribution in [0.2, 0.25) is 0 Å². The van der Waals surface area contributed by atoms with Gasteiger partial charge in [0.05, 0.1) is 0 Å². The van der Waals surface area contributed by atoms with E-state index in [1.165, 1.54) is 5.01 Å². The van der Waals surface area contributed by atoms with Gasteiger partial charge >= 0.3 is 0 Å². The first-order chi connectivity index (χ1) is 13.5. The van der Waals surface area contributed by atoms with E-state index in [1.54, 1.807) is 6.07 Å². The second-order valence-corrected chi connectivity index (χ2v) is 8.97. The first kappa shape index (κ1) is 22.8. The molecule has 0 unspecified atom stereocenters. The molecule has 2 aromatic rings. The van der Waals surface area contributed by atoms with Crippen LogP contribution in [0.4, 0.5) is 0 Å². The third kappa shape index (κ3) is 5.77. The maximum atomic E-state index is 13.5. The molecular weight excluding hydrogens is 360 g/mol. The van der Waals surface area contributed by atoms with Crippen LogP contribution in [-0.4, -0.2) is 22.9 Å². The lowest BCUT2D eigenvalue weighted by Gasteiger charge is -2.36. The summed E-state index contributed by atoms with van der Waals surface area (Å²) >= 11 is 0. The van der Waals surface area contributed by atoms with Crippen molar-refractivity contribution in [2.45, 2.75) is 67.3 Å². The average Bonchev–Trinajstić information content (AvgIpc) is 2.62. The van der Waals surface area contributed by atoms with Crippen LogP contribution in [-0.2, 0) is 0 Å². The Balaban J connectivity index is 2.50. The molecule has 4 nitrogen and oxygen atoms in total. The molecule has 0 aliphatic heterocycles. The summed E-state index contributed by atoms with van der Waals surface area (Å²) in [4.78, 5) is 26.9. The van der Waals surface area contributed by atoms with Crippen LogP contribution >= 0.6 is 0 Å². The highest BCUT2D eigenvalue weighted by molar-refractivity contribution is 6.10. The van der Waals surface area contributed by atoms with Crippen molar-refractivity contribution in [3.05, 3.63) is 70.3 Å². The molecule has 2 aromatic carbocycles. The van der Waals surface area contributed by atoms with Gasteiger partial charge in [0.15, 0.2) is 0 Å². The molecule has 2 amide bonds. The van der Waals surface area contributed by atoms with E-state index in [0.29, 0.717) is 11.1 Å². The van der Waals surface area contributed by atoms with Crippen LogP contribution in [0.25, 0.3) is 0 Å². The highest BCUT2D eigenvalue weighted by atomic mass is 16.2. The Morgan fingerprint density at radius 3 is 2.07 bits per heavy atom. The minimum Gasteiger partial charge on any atom is -0.267 e. The molecule has 29 heavy (non-hydrogen) atoms. The summed E-state index contributed by atoms with van der Waals surface area (Å²) in [6.07, 6.45) is 1.82. The zero-order valence-corrected chi connectivity index (χ0v) is 18.8.